The van der Waals surface area contributed by atoms with Gasteiger partial charge in [0.25, 0.3) is 5.97 Å². The van der Waals surface area contributed by atoms with Crippen LogP contribution in [0.3, 0.4) is 0 Å². The number of unbranched alkanes of at least 4 members (excludes halogenated alkanes) is 9. The lowest BCUT2D eigenvalue weighted by Crippen LogP contribution is -2.40. The van der Waals surface area contributed by atoms with Gasteiger partial charge in [-0.1, -0.05) is 51.4 Å². The van der Waals surface area contributed by atoms with Gasteiger partial charge in [0.05, 0.1) is 19.6 Å². The number of esters is 2. The zero-order valence-electron chi connectivity index (χ0n) is 21.0. The molecule has 1 atom stereocenters. The molecule has 0 fully saturated rings. The first-order valence-corrected chi connectivity index (χ1v) is 12.2. The van der Waals surface area contributed by atoms with Crippen LogP contribution in [0.25, 0.3) is 0 Å². The Labute approximate surface area is 195 Å². The topological polar surface area (TPSA) is 92.3 Å². The van der Waals surface area contributed by atoms with Crippen LogP contribution in [0.1, 0.15) is 90.9 Å². The van der Waals surface area contributed by atoms with Crippen LogP contribution in [0, 0.1) is 0 Å². The molecule has 0 aliphatic heterocycles. The van der Waals surface area contributed by atoms with Gasteiger partial charge < -0.3 is 29.0 Å². The Morgan fingerprint density at radius 2 is 1.19 bits per heavy atom. The first-order valence-electron chi connectivity index (χ1n) is 12.2. The molecule has 0 bridgehead atoms. The van der Waals surface area contributed by atoms with Crippen LogP contribution in [0.15, 0.2) is 0 Å². The predicted octanol–water partition coefficient (Wildman–Crippen LogP) is 4.35. The number of rotatable bonds is 22. The summed E-state index contributed by atoms with van der Waals surface area (Å²) in [7, 11) is 4.81. The van der Waals surface area contributed by atoms with Gasteiger partial charge in [0, 0.05) is 27.8 Å². The highest BCUT2D eigenvalue weighted by molar-refractivity contribution is 5.82. The Morgan fingerprint density at radius 3 is 1.66 bits per heavy atom. The molecule has 0 unspecified atom stereocenters. The molecule has 8 heteroatoms. The molecule has 0 saturated heterocycles. The summed E-state index contributed by atoms with van der Waals surface area (Å²) >= 11 is 0. The normalized spacial score (nSPS) is 12.5. The van der Waals surface area contributed by atoms with Gasteiger partial charge in [0.15, 0.2) is 0 Å². The van der Waals surface area contributed by atoms with Crippen molar-refractivity contribution < 1.29 is 33.3 Å². The van der Waals surface area contributed by atoms with Crippen molar-refractivity contribution in [1.29, 1.82) is 0 Å². The molecular weight excluding hydrogens is 414 g/mol. The van der Waals surface area contributed by atoms with E-state index in [4.69, 9.17) is 23.7 Å². The highest BCUT2D eigenvalue weighted by Gasteiger charge is 2.28. The Balaban J connectivity index is 3.72. The zero-order chi connectivity index (χ0) is 24.1. The third-order valence-corrected chi connectivity index (χ3v) is 5.48. The second-order valence-electron chi connectivity index (χ2n) is 7.85. The Kier molecular flexibility index (Phi) is 19.6. The molecule has 0 heterocycles. The predicted molar refractivity (Wildman–Crippen MR) is 124 cm³/mol. The van der Waals surface area contributed by atoms with Crippen molar-refractivity contribution in [1.82, 2.24) is 5.32 Å². The van der Waals surface area contributed by atoms with Crippen LogP contribution in [0.5, 0.6) is 0 Å². The maximum Gasteiger partial charge on any atom is 0.323 e. The van der Waals surface area contributed by atoms with E-state index >= 15 is 0 Å². The number of hydrogen-bond acceptors (Lipinski definition) is 8. The third kappa shape index (κ3) is 14.8. The van der Waals surface area contributed by atoms with E-state index in [2.05, 4.69) is 5.32 Å². The quantitative estimate of drug-likeness (QED) is 0.145. The second kappa shape index (κ2) is 20.4. The molecule has 0 aliphatic rings. The largest absolute Gasteiger partial charge is 0.466 e. The van der Waals surface area contributed by atoms with E-state index in [9.17, 15) is 9.59 Å². The smallest absolute Gasteiger partial charge is 0.323 e. The van der Waals surface area contributed by atoms with E-state index in [1.54, 1.807) is 35.2 Å². The molecule has 0 rings (SSSR count). The summed E-state index contributed by atoms with van der Waals surface area (Å²) in [5, 5.41) is 3.15. The molecule has 0 aromatic heterocycles. The van der Waals surface area contributed by atoms with Gasteiger partial charge >= 0.3 is 11.9 Å². The molecule has 32 heavy (non-hydrogen) atoms. The van der Waals surface area contributed by atoms with Crippen molar-refractivity contribution in [3.05, 3.63) is 0 Å². The van der Waals surface area contributed by atoms with Crippen LogP contribution in [0.4, 0.5) is 0 Å². The summed E-state index contributed by atoms with van der Waals surface area (Å²) in [5.74, 6) is -1.67. The molecule has 0 saturated carbocycles. The van der Waals surface area contributed by atoms with E-state index in [1.807, 2.05) is 0 Å². The molecule has 1 N–H and O–H groups in total. The minimum Gasteiger partial charge on any atom is -0.466 e. The van der Waals surface area contributed by atoms with Crippen molar-refractivity contribution in [3.63, 3.8) is 0 Å². The monoisotopic (exact) mass is 461 g/mol. The van der Waals surface area contributed by atoms with Gasteiger partial charge in [-0.25, -0.2) is 0 Å². The van der Waals surface area contributed by atoms with Gasteiger partial charge in [-0.2, -0.15) is 0 Å². The van der Waals surface area contributed by atoms with Crippen LogP contribution in [-0.2, 0) is 33.3 Å². The van der Waals surface area contributed by atoms with E-state index in [-0.39, 0.29) is 12.4 Å². The third-order valence-electron chi connectivity index (χ3n) is 5.48. The first kappa shape index (κ1) is 30.8. The maximum absolute atomic E-state index is 12.0. The zero-order valence-corrected chi connectivity index (χ0v) is 21.0. The molecular formula is C24H47NO7. The highest BCUT2D eigenvalue weighted by atomic mass is 16.9. The fraction of sp³-hybridized carbons (Fsp3) is 0.917. The Morgan fingerprint density at radius 1 is 0.719 bits per heavy atom. The summed E-state index contributed by atoms with van der Waals surface area (Å²) < 4.78 is 25.9. The number of ether oxygens (including phenoxy) is 5. The Hall–Kier alpha value is -1.22. The lowest BCUT2D eigenvalue weighted by Gasteiger charge is -2.28. The fourth-order valence-electron chi connectivity index (χ4n) is 3.58. The van der Waals surface area contributed by atoms with Crippen LogP contribution in [0.2, 0.25) is 0 Å². The lowest BCUT2D eigenvalue weighted by atomic mass is 10.1. The van der Waals surface area contributed by atoms with Crippen LogP contribution >= 0.6 is 0 Å². The van der Waals surface area contributed by atoms with Gasteiger partial charge in [0.1, 0.15) is 6.04 Å². The van der Waals surface area contributed by atoms with Gasteiger partial charge in [-0.15, -0.1) is 0 Å². The number of carbonyl (C=O) groups excluding carboxylic acids is 2. The fourth-order valence-corrected chi connectivity index (χ4v) is 3.58. The summed E-state index contributed by atoms with van der Waals surface area (Å²) in [4.78, 5) is 23.7. The molecule has 0 amide bonds. The summed E-state index contributed by atoms with van der Waals surface area (Å²) in [6, 6.07) is -0.629. The van der Waals surface area contributed by atoms with E-state index in [0.717, 1.165) is 32.1 Å². The molecule has 190 valence electrons. The number of methoxy groups -OCH3 is 3. The minimum absolute atomic E-state index is 0.00998. The Bertz CT molecular complexity index is 461. The van der Waals surface area contributed by atoms with Crippen molar-refractivity contribution >= 4 is 11.9 Å². The average Bonchev–Trinajstić information content (AvgIpc) is 2.79. The van der Waals surface area contributed by atoms with E-state index in [0.29, 0.717) is 19.8 Å². The molecule has 0 spiro atoms. The van der Waals surface area contributed by atoms with Crippen molar-refractivity contribution in [2.45, 2.75) is 103 Å². The molecule has 0 aliphatic carbocycles. The van der Waals surface area contributed by atoms with Crippen molar-refractivity contribution in [2.75, 3.05) is 41.1 Å². The summed E-state index contributed by atoms with van der Waals surface area (Å²) in [6.45, 7) is 4.81. The lowest BCUT2D eigenvalue weighted by molar-refractivity contribution is -0.355. The van der Waals surface area contributed by atoms with Gasteiger partial charge in [0.2, 0.25) is 0 Å². The van der Waals surface area contributed by atoms with Crippen LogP contribution in [-0.4, -0.2) is 65.0 Å². The van der Waals surface area contributed by atoms with Crippen LogP contribution < -0.4 is 5.32 Å². The standard InChI is InChI=1S/C24H47NO7/c1-6-31-22(26)20-21(23(27)32-7-2)25-19-17-15-13-11-9-8-10-12-14-16-18-24(28-3,29-4)30-5/h21,25H,6-20H2,1-5H3/t21-/m0/s1. The molecule has 0 radical (unpaired) electrons. The summed E-state index contributed by atoms with van der Waals surface area (Å²) in [5.41, 5.74) is 0. The minimum atomic E-state index is -0.899. The van der Waals surface area contributed by atoms with Crippen molar-refractivity contribution in [3.8, 4) is 0 Å². The number of nitrogens with one attached hydrogen (secondary N) is 1. The highest BCUT2D eigenvalue weighted by Crippen LogP contribution is 2.21. The van der Waals surface area contributed by atoms with Crippen molar-refractivity contribution in [2.24, 2.45) is 0 Å². The maximum atomic E-state index is 12.0. The SMILES string of the molecule is CCOC(=O)C[C@H](NCCCCCCCCCCCCC(OC)(OC)OC)C(=O)OCC. The average molecular weight is 462 g/mol. The first-order chi connectivity index (χ1) is 15.5. The molecule has 0 aromatic carbocycles. The van der Waals surface area contributed by atoms with Gasteiger partial charge in [-0.05, 0) is 33.2 Å². The second-order valence-corrected chi connectivity index (χ2v) is 7.85. The van der Waals surface area contributed by atoms with Gasteiger partial charge in [-0.3, -0.25) is 9.59 Å². The van der Waals surface area contributed by atoms with E-state index < -0.39 is 18.0 Å². The summed E-state index contributed by atoms with van der Waals surface area (Å²) in [6.07, 6.45) is 12.4. The molecule has 0 aromatic rings. The van der Waals surface area contributed by atoms with E-state index in [1.165, 1.54) is 38.5 Å². The molecule has 8 nitrogen and oxygen atoms in total. The number of carbonyl (C=O) groups is 2. The number of hydrogen-bond donors (Lipinski definition) is 1.